The van der Waals surface area contributed by atoms with Crippen molar-refractivity contribution < 1.29 is 4.79 Å². The van der Waals surface area contributed by atoms with Gasteiger partial charge < -0.3 is 0 Å². The fourth-order valence-electron chi connectivity index (χ4n) is 1.06. The second-order valence-electron chi connectivity index (χ2n) is 3.08. The quantitative estimate of drug-likeness (QED) is 0.636. The molecule has 2 aromatic rings. The van der Waals surface area contributed by atoms with Crippen molar-refractivity contribution in [3.05, 3.63) is 46.9 Å². The van der Waals surface area contributed by atoms with Crippen LogP contribution in [-0.2, 0) is 4.79 Å². The van der Waals surface area contributed by atoms with Crippen molar-refractivity contribution in [1.29, 1.82) is 0 Å². The zero-order chi connectivity index (χ0) is 11.9. The van der Waals surface area contributed by atoms with Gasteiger partial charge in [-0.05, 0) is 34.5 Å². The van der Waals surface area contributed by atoms with Crippen LogP contribution in [0.5, 0.6) is 0 Å². The number of amides is 1. The van der Waals surface area contributed by atoms with E-state index in [0.29, 0.717) is 5.95 Å². The van der Waals surface area contributed by atoms with Gasteiger partial charge in [0.25, 0.3) is 5.91 Å². The highest BCUT2D eigenvalue weighted by Gasteiger charge is 1.96. The fourth-order valence-corrected chi connectivity index (χ4v) is 1.69. The maximum absolute atomic E-state index is 11.4. The van der Waals surface area contributed by atoms with Gasteiger partial charge in [-0.25, -0.2) is 9.97 Å². The van der Waals surface area contributed by atoms with Gasteiger partial charge in [0.15, 0.2) is 0 Å². The number of anilines is 1. The zero-order valence-electron chi connectivity index (χ0n) is 8.83. The Hall–Kier alpha value is -2.21. The molecule has 5 nitrogen and oxygen atoms in total. The van der Waals surface area contributed by atoms with Gasteiger partial charge in [-0.3, -0.25) is 15.6 Å². The third kappa shape index (κ3) is 3.69. The first-order valence-electron chi connectivity index (χ1n) is 4.88. The van der Waals surface area contributed by atoms with Gasteiger partial charge in [0.1, 0.15) is 0 Å². The number of rotatable bonds is 4. The second kappa shape index (κ2) is 5.76. The average Bonchev–Trinajstić information content (AvgIpc) is 2.88. The van der Waals surface area contributed by atoms with E-state index >= 15 is 0 Å². The van der Waals surface area contributed by atoms with Crippen LogP contribution in [0.15, 0.2) is 41.4 Å². The molecule has 0 aromatic carbocycles. The molecule has 0 fully saturated rings. The monoisotopic (exact) mass is 246 g/mol. The van der Waals surface area contributed by atoms with Crippen molar-refractivity contribution in [2.24, 2.45) is 0 Å². The number of hydrogen-bond donors (Lipinski definition) is 2. The molecule has 1 amide bonds. The number of thiophene rings is 1. The molecule has 2 N–H and O–H groups in total. The summed E-state index contributed by atoms with van der Waals surface area (Å²) in [5, 5.41) is 3.91. The Kier molecular flexibility index (Phi) is 3.82. The Balaban J connectivity index is 1.82. The normalized spacial score (nSPS) is 10.4. The van der Waals surface area contributed by atoms with E-state index in [9.17, 15) is 4.79 Å². The molecule has 0 spiro atoms. The number of nitrogens with one attached hydrogen (secondary N) is 2. The molecule has 0 aliphatic carbocycles. The fraction of sp³-hybridized carbons (Fsp3) is 0. The van der Waals surface area contributed by atoms with Crippen molar-refractivity contribution in [3.8, 4) is 0 Å². The largest absolute Gasteiger partial charge is 0.268 e. The molecular weight excluding hydrogens is 236 g/mol. The van der Waals surface area contributed by atoms with Crippen LogP contribution >= 0.6 is 11.3 Å². The summed E-state index contributed by atoms with van der Waals surface area (Å²) in [6, 6.07) is 3.63. The lowest BCUT2D eigenvalue weighted by molar-refractivity contribution is -0.116. The van der Waals surface area contributed by atoms with E-state index in [1.165, 1.54) is 6.08 Å². The summed E-state index contributed by atoms with van der Waals surface area (Å²) < 4.78 is 0. The van der Waals surface area contributed by atoms with Crippen molar-refractivity contribution >= 4 is 29.3 Å². The van der Waals surface area contributed by atoms with Crippen LogP contribution in [0.25, 0.3) is 6.08 Å². The molecule has 2 heterocycles. The number of carbonyl (C=O) groups is 1. The Labute approximate surface area is 102 Å². The third-order valence-corrected chi connectivity index (χ3v) is 2.54. The first-order valence-corrected chi connectivity index (χ1v) is 5.82. The molecule has 0 saturated heterocycles. The molecule has 0 unspecified atom stereocenters. The maximum Gasteiger partial charge on any atom is 0.262 e. The van der Waals surface area contributed by atoms with Gasteiger partial charge in [-0.2, -0.15) is 11.3 Å². The molecular formula is C11H10N4OS. The maximum atomic E-state index is 11.4. The lowest BCUT2D eigenvalue weighted by Gasteiger charge is -2.02. The van der Waals surface area contributed by atoms with Gasteiger partial charge in [0, 0.05) is 18.5 Å². The van der Waals surface area contributed by atoms with Crippen LogP contribution in [0, 0.1) is 0 Å². The lowest BCUT2D eigenvalue weighted by atomic mass is 10.3. The molecule has 0 aliphatic heterocycles. The molecule has 0 aliphatic rings. The molecule has 0 bridgehead atoms. The Bertz CT molecular complexity index is 495. The van der Waals surface area contributed by atoms with E-state index in [4.69, 9.17) is 0 Å². The molecule has 2 aromatic heterocycles. The second-order valence-corrected chi connectivity index (χ2v) is 3.86. The van der Waals surface area contributed by atoms with Gasteiger partial charge in [-0.1, -0.05) is 0 Å². The molecule has 2 rings (SSSR count). The summed E-state index contributed by atoms with van der Waals surface area (Å²) in [5.74, 6) is 0.0911. The number of nitrogens with zero attached hydrogens (tertiary/aromatic N) is 2. The standard InChI is InChI=1S/C11H10N4OS/c16-10(3-2-9-4-7-17-8-9)14-15-11-12-5-1-6-13-11/h1-8H,(H,14,16)(H,12,13,15)/b3-2+. The number of aromatic nitrogens is 2. The van der Waals surface area contributed by atoms with Crippen LogP contribution in [0.4, 0.5) is 5.95 Å². The van der Waals surface area contributed by atoms with Gasteiger partial charge in [-0.15, -0.1) is 0 Å². The summed E-state index contributed by atoms with van der Waals surface area (Å²) >= 11 is 1.58. The smallest absolute Gasteiger partial charge is 0.262 e. The van der Waals surface area contributed by atoms with E-state index in [2.05, 4.69) is 20.8 Å². The summed E-state index contributed by atoms with van der Waals surface area (Å²) in [7, 11) is 0. The van der Waals surface area contributed by atoms with Gasteiger partial charge in [0.05, 0.1) is 0 Å². The first kappa shape index (κ1) is 11.3. The number of hydrazine groups is 1. The minimum atomic E-state index is -0.261. The number of hydrogen-bond acceptors (Lipinski definition) is 5. The lowest BCUT2D eigenvalue weighted by Crippen LogP contribution is -2.28. The summed E-state index contributed by atoms with van der Waals surface area (Å²) in [6.45, 7) is 0. The predicted octanol–water partition coefficient (Wildman–Crippen LogP) is 1.69. The topological polar surface area (TPSA) is 66.9 Å². The Morgan fingerprint density at radius 3 is 2.88 bits per heavy atom. The van der Waals surface area contributed by atoms with Crippen molar-refractivity contribution in [3.63, 3.8) is 0 Å². The molecule has 0 saturated carbocycles. The summed E-state index contributed by atoms with van der Waals surface area (Å²) in [4.78, 5) is 19.2. The molecule has 0 radical (unpaired) electrons. The van der Waals surface area contributed by atoms with Crippen molar-refractivity contribution in [2.45, 2.75) is 0 Å². The van der Waals surface area contributed by atoms with E-state index < -0.39 is 0 Å². The van der Waals surface area contributed by atoms with Crippen LogP contribution in [0.3, 0.4) is 0 Å². The molecule has 0 atom stereocenters. The first-order chi connectivity index (χ1) is 8.34. The summed E-state index contributed by atoms with van der Waals surface area (Å²) in [5.41, 5.74) is 6.07. The highest BCUT2D eigenvalue weighted by molar-refractivity contribution is 7.08. The van der Waals surface area contributed by atoms with Crippen LogP contribution in [-0.4, -0.2) is 15.9 Å². The predicted molar refractivity (Wildman–Crippen MR) is 67.2 cm³/mol. The zero-order valence-corrected chi connectivity index (χ0v) is 9.65. The molecule has 6 heteroatoms. The highest BCUT2D eigenvalue weighted by atomic mass is 32.1. The Morgan fingerprint density at radius 2 is 2.18 bits per heavy atom. The van der Waals surface area contributed by atoms with Crippen molar-refractivity contribution in [2.75, 3.05) is 5.43 Å². The third-order valence-electron chi connectivity index (χ3n) is 1.83. The van der Waals surface area contributed by atoms with Crippen molar-refractivity contribution in [1.82, 2.24) is 15.4 Å². The minimum Gasteiger partial charge on any atom is -0.268 e. The van der Waals surface area contributed by atoms with Crippen LogP contribution in [0.2, 0.25) is 0 Å². The van der Waals surface area contributed by atoms with Crippen LogP contribution < -0.4 is 10.9 Å². The molecule has 17 heavy (non-hydrogen) atoms. The van der Waals surface area contributed by atoms with E-state index in [0.717, 1.165) is 5.56 Å². The Morgan fingerprint density at radius 1 is 1.35 bits per heavy atom. The van der Waals surface area contributed by atoms with Gasteiger partial charge in [0.2, 0.25) is 5.95 Å². The highest BCUT2D eigenvalue weighted by Crippen LogP contribution is 2.07. The van der Waals surface area contributed by atoms with E-state index in [1.807, 2.05) is 16.8 Å². The van der Waals surface area contributed by atoms with E-state index in [1.54, 1.807) is 35.9 Å². The minimum absolute atomic E-state index is 0.261. The molecule has 86 valence electrons. The average molecular weight is 246 g/mol. The summed E-state index contributed by atoms with van der Waals surface area (Å²) in [6.07, 6.45) is 6.35. The SMILES string of the molecule is O=C(/C=C/c1ccsc1)NNc1ncccn1. The van der Waals surface area contributed by atoms with Gasteiger partial charge >= 0.3 is 0 Å². The van der Waals surface area contributed by atoms with E-state index in [-0.39, 0.29) is 5.91 Å². The number of carbonyl (C=O) groups excluding carboxylic acids is 1. The van der Waals surface area contributed by atoms with Crippen LogP contribution in [0.1, 0.15) is 5.56 Å².